The summed E-state index contributed by atoms with van der Waals surface area (Å²) in [4.78, 5) is 0. The fourth-order valence-corrected chi connectivity index (χ4v) is 2.09. The smallest absolute Gasteiger partial charge is 0.192 e. The zero-order valence-corrected chi connectivity index (χ0v) is 11.9. The molecule has 2 nitrogen and oxygen atoms in total. The van der Waals surface area contributed by atoms with Crippen LogP contribution < -0.4 is 0 Å². The SMILES string of the molecule is CC(C)(C)[Si](C)(C)OCC1=C=C(CO)C=C1. The topological polar surface area (TPSA) is 29.5 Å². The van der Waals surface area contributed by atoms with Gasteiger partial charge >= 0.3 is 0 Å². The van der Waals surface area contributed by atoms with Crippen molar-refractivity contribution in [2.75, 3.05) is 13.2 Å². The number of hydrogen-bond donors (Lipinski definition) is 1. The van der Waals surface area contributed by atoms with Crippen LogP contribution in [-0.4, -0.2) is 26.6 Å². The van der Waals surface area contributed by atoms with E-state index in [4.69, 9.17) is 9.53 Å². The van der Waals surface area contributed by atoms with Crippen molar-refractivity contribution in [3.63, 3.8) is 0 Å². The van der Waals surface area contributed by atoms with Crippen LogP contribution in [0.3, 0.4) is 0 Å². The predicted octanol–water partition coefficient (Wildman–Crippen LogP) is 3.02. The Morgan fingerprint density at radius 2 is 1.81 bits per heavy atom. The first-order valence-corrected chi connectivity index (χ1v) is 8.59. The Balaban J connectivity index is 2.61. The van der Waals surface area contributed by atoms with Gasteiger partial charge in [0.2, 0.25) is 0 Å². The van der Waals surface area contributed by atoms with Gasteiger partial charge in [-0.15, -0.1) is 5.73 Å². The van der Waals surface area contributed by atoms with E-state index in [1.807, 2.05) is 12.2 Å². The molecule has 1 aliphatic carbocycles. The Bertz CT molecular complexity index is 353. The Hall–Kier alpha value is -0.603. The van der Waals surface area contributed by atoms with E-state index in [-0.39, 0.29) is 11.6 Å². The summed E-state index contributed by atoms with van der Waals surface area (Å²) in [5.41, 5.74) is 5.01. The lowest BCUT2D eigenvalue weighted by atomic mass is 10.2. The largest absolute Gasteiger partial charge is 0.412 e. The molecule has 90 valence electrons. The zero-order valence-electron chi connectivity index (χ0n) is 10.9. The monoisotopic (exact) mass is 238 g/mol. The third-order valence-electron chi connectivity index (χ3n) is 3.37. The summed E-state index contributed by atoms with van der Waals surface area (Å²) < 4.78 is 6.06. The molecule has 0 aliphatic heterocycles. The van der Waals surface area contributed by atoms with Gasteiger partial charge in [0, 0.05) is 11.1 Å². The molecule has 0 atom stereocenters. The van der Waals surface area contributed by atoms with E-state index < -0.39 is 8.32 Å². The lowest BCUT2D eigenvalue weighted by Gasteiger charge is -2.36. The average molecular weight is 238 g/mol. The molecule has 0 aromatic heterocycles. The fraction of sp³-hybridized carbons (Fsp3) is 0.615. The first-order chi connectivity index (χ1) is 7.26. The molecule has 0 unspecified atom stereocenters. The van der Waals surface area contributed by atoms with E-state index in [1.54, 1.807) is 0 Å². The standard InChI is InChI=1S/C13H22O2Si/c1-13(2,3)16(4,5)15-10-12-7-6-11(8-12)9-14/h6-7,14H,9-10H2,1-5H3. The van der Waals surface area contributed by atoms with Gasteiger partial charge < -0.3 is 9.53 Å². The van der Waals surface area contributed by atoms with Gasteiger partial charge in [-0.3, -0.25) is 0 Å². The van der Waals surface area contributed by atoms with E-state index in [2.05, 4.69) is 39.6 Å². The highest BCUT2D eigenvalue weighted by atomic mass is 28.4. The molecule has 0 saturated heterocycles. The van der Waals surface area contributed by atoms with Crippen LogP contribution >= 0.6 is 0 Å². The third-order valence-corrected chi connectivity index (χ3v) is 7.85. The molecule has 0 spiro atoms. The summed E-state index contributed by atoms with van der Waals surface area (Å²) in [6.45, 7) is 11.8. The Labute approximate surface area is 99.5 Å². The van der Waals surface area contributed by atoms with Crippen LogP contribution in [0.4, 0.5) is 0 Å². The lowest BCUT2D eigenvalue weighted by molar-refractivity contribution is 0.322. The summed E-state index contributed by atoms with van der Waals surface area (Å²) in [5, 5.41) is 9.18. The molecule has 0 bridgehead atoms. The Kier molecular flexibility index (Phi) is 3.97. The first-order valence-electron chi connectivity index (χ1n) is 5.68. The fourth-order valence-electron chi connectivity index (χ4n) is 1.14. The number of rotatable bonds is 4. The summed E-state index contributed by atoms with van der Waals surface area (Å²) in [6.07, 6.45) is 3.86. The van der Waals surface area contributed by atoms with E-state index in [0.717, 1.165) is 11.1 Å². The molecule has 0 aromatic rings. The summed E-state index contributed by atoms with van der Waals surface area (Å²) in [6, 6.07) is 0. The van der Waals surface area contributed by atoms with Crippen LogP contribution in [0.25, 0.3) is 0 Å². The van der Waals surface area contributed by atoms with Crippen LogP contribution in [0.2, 0.25) is 18.1 Å². The van der Waals surface area contributed by atoms with Crippen molar-refractivity contribution in [3.05, 3.63) is 29.0 Å². The molecule has 0 radical (unpaired) electrons. The average Bonchev–Trinajstić information content (AvgIpc) is 2.60. The van der Waals surface area contributed by atoms with Crippen molar-refractivity contribution in [1.29, 1.82) is 0 Å². The van der Waals surface area contributed by atoms with Gasteiger partial charge in [0.15, 0.2) is 8.32 Å². The summed E-state index contributed by atoms with van der Waals surface area (Å²) in [5.74, 6) is 0. The second-order valence-electron chi connectivity index (χ2n) is 5.72. The molecule has 0 saturated carbocycles. The van der Waals surface area contributed by atoms with Crippen LogP contribution in [-0.2, 0) is 4.43 Å². The van der Waals surface area contributed by atoms with Crippen LogP contribution in [0.5, 0.6) is 0 Å². The van der Waals surface area contributed by atoms with Crippen LogP contribution in [0, 0.1) is 0 Å². The Morgan fingerprint density at radius 3 is 2.25 bits per heavy atom. The molecule has 0 aromatic carbocycles. The highest BCUT2D eigenvalue weighted by Crippen LogP contribution is 2.36. The van der Waals surface area contributed by atoms with Gasteiger partial charge in [-0.1, -0.05) is 20.8 Å². The van der Waals surface area contributed by atoms with Crippen molar-refractivity contribution in [2.24, 2.45) is 0 Å². The zero-order chi connectivity index (χ0) is 12.4. The van der Waals surface area contributed by atoms with Crippen molar-refractivity contribution >= 4 is 8.32 Å². The molecule has 1 rings (SSSR count). The van der Waals surface area contributed by atoms with E-state index in [9.17, 15) is 0 Å². The third kappa shape index (κ3) is 3.19. The molecule has 1 N–H and O–H groups in total. The minimum Gasteiger partial charge on any atom is -0.412 e. The summed E-state index contributed by atoms with van der Waals surface area (Å²) >= 11 is 0. The minimum atomic E-state index is -1.67. The second kappa shape index (κ2) is 4.72. The second-order valence-corrected chi connectivity index (χ2v) is 10.5. The van der Waals surface area contributed by atoms with Crippen molar-refractivity contribution in [1.82, 2.24) is 0 Å². The highest BCUT2D eigenvalue weighted by molar-refractivity contribution is 6.74. The number of aliphatic hydroxyl groups is 1. The van der Waals surface area contributed by atoms with Gasteiger partial charge in [-0.05, 0) is 30.3 Å². The van der Waals surface area contributed by atoms with Gasteiger partial charge in [0.05, 0.1) is 13.2 Å². The van der Waals surface area contributed by atoms with E-state index in [1.165, 1.54) is 0 Å². The predicted molar refractivity (Wildman–Crippen MR) is 69.9 cm³/mol. The van der Waals surface area contributed by atoms with E-state index in [0.29, 0.717) is 6.61 Å². The molecule has 1 aliphatic rings. The van der Waals surface area contributed by atoms with E-state index >= 15 is 0 Å². The van der Waals surface area contributed by atoms with Crippen LogP contribution in [0.15, 0.2) is 29.0 Å². The molecule has 3 heteroatoms. The molecular weight excluding hydrogens is 216 g/mol. The molecule has 0 fully saturated rings. The van der Waals surface area contributed by atoms with Gasteiger partial charge in [-0.25, -0.2) is 0 Å². The quantitative estimate of drug-likeness (QED) is 0.602. The minimum absolute atomic E-state index is 0.0556. The lowest BCUT2D eigenvalue weighted by Crippen LogP contribution is -2.41. The molecule has 0 amide bonds. The summed E-state index contributed by atoms with van der Waals surface area (Å²) in [7, 11) is -1.67. The Morgan fingerprint density at radius 1 is 1.25 bits per heavy atom. The number of hydrogen-bond acceptors (Lipinski definition) is 2. The van der Waals surface area contributed by atoms with Crippen LogP contribution in [0.1, 0.15) is 20.8 Å². The number of aliphatic hydroxyl groups excluding tert-OH is 1. The maximum Gasteiger partial charge on any atom is 0.192 e. The van der Waals surface area contributed by atoms with Crippen molar-refractivity contribution in [2.45, 2.75) is 38.9 Å². The molecule has 16 heavy (non-hydrogen) atoms. The molecular formula is C13H22O2Si. The van der Waals surface area contributed by atoms with Gasteiger partial charge in [0.1, 0.15) is 0 Å². The molecule has 0 heterocycles. The normalized spacial score (nSPS) is 16.4. The van der Waals surface area contributed by atoms with Gasteiger partial charge in [0.25, 0.3) is 0 Å². The maximum atomic E-state index is 8.94. The maximum absolute atomic E-state index is 8.94. The van der Waals surface area contributed by atoms with Gasteiger partial charge in [-0.2, -0.15) is 0 Å². The van der Waals surface area contributed by atoms with Crippen molar-refractivity contribution in [3.8, 4) is 0 Å². The highest BCUT2D eigenvalue weighted by Gasteiger charge is 2.37. The first kappa shape index (κ1) is 13.5. The van der Waals surface area contributed by atoms with Crippen molar-refractivity contribution < 1.29 is 9.53 Å².